The van der Waals surface area contributed by atoms with Crippen LogP contribution >= 0.6 is 0 Å². The van der Waals surface area contributed by atoms with Crippen LogP contribution in [0.25, 0.3) is 0 Å². The molecule has 0 N–H and O–H groups in total. The molecule has 0 aliphatic carbocycles. The maximum absolute atomic E-state index is 2.28. The first-order valence-electron chi connectivity index (χ1n) is 3.82. The van der Waals surface area contributed by atoms with Crippen molar-refractivity contribution in [2.75, 3.05) is 20.6 Å². The van der Waals surface area contributed by atoms with Gasteiger partial charge in [-0.25, -0.2) is 10.0 Å². The maximum Gasteiger partial charge on any atom is 0.0435 e. The molecule has 2 nitrogen and oxygen atoms in total. The third kappa shape index (κ3) is 1.39. The van der Waals surface area contributed by atoms with E-state index >= 15 is 0 Å². The SMILES string of the molecule is C/C=C/C1CCN(C)N1C. The number of likely N-dealkylation sites (N-methyl/N-ethyl adjacent to an activating group) is 1. The number of hydrogen-bond donors (Lipinski definition) is 0. The van der Waals surface area contributed by atoms with Gasteiger partial charge in [-0.1, -0.05) is 12.2 Å². The minimum atomic E-state index is 0.634. The second-order valence-electron chi connectivity index (χ2n) is 2.84. The van der Waals surface area contributed by atoms with Gasteiger partial charge in [-0.15, -0.1) is 0 Å². The first-order chi connectivity index (χ1) is 4.75. The van der Waals surface area contributed by atoms with Crippen LogP contribution in [0.1, 0.15) is 13.3 Å². The van der Waals surface area contributed by atoms with E-state index in [-0.39, 0.29) is 0 Å². The van der Waals surface area contributed by atoms with Crippen molar-refractivity contribution in [1.82, 2.24) is 10.0 Å². The third-order valence-corrected chi connectivity index (χ3v) is 2.18. The Morgan fingerprint density at radius 1 is 1.40 bits per heavy atom. The smallest absolute Gasteiger partial charge is 0.0435 e. The van der Waals surface area contributed by atoms with E-state index in [0.29, 0.717) is 6.04 Å². The average Bonchev–Trinajstić information content (AvgIpc) is 2.20. The highest BCUT2D eigenvalue weighted by molar-refractivity contribution is 4.93. The van der Waals surface area contributed by atoms with E-state index in [0.717, 1.165) is 0 Å². The van der Waals surface area contributed by atoms with Crippen molar-refractivity contribution >= 4 is 0 Å². The first-order valence-corrected chi connectivity index (χ1v) is 3.82. The predicted octanol–water partition coefficient (Wildman–Crippen LogP) is 1.11. The molecule has 2 heteroatoms. The summed E-state index contributed by atoms with van der Waals surface area (Å²) in [7, 11) is 4.27. The lowest BCUT2D eigenvalue weighted by Crippen LogP contribution is -2.33. The lowest BCUT2D eigenvalue weighted by Gasteiger charge is -2.22. The Bertz CT molecular complexity index is 131. The molecule has 0 radical (unpaired) electrons. The molecule has 1 fully saturated rings. The van der Waals surface area contributed by atoms with Gasteiger partial charge in [0.25, 0.3) is 0 Å². The van der Waals surface area contributed by atoms with Crippen LogP contribution in [0.5, 0.6) is 0 Å². The molecule has 1 heterocycles. The summed E-state index contributed by atoms with van der Waals surface area (Å²) in [5, 5.41) is 4.53. The number of rotatable bonds is 1. The summed E-state index contributed by atoms with van der Waals surface area (Å²) < 4.78 is 0. The molecule has 1 aliphatic rings. The topological polar surface area (TPSA) is 6.48 Å². The minimum Gasteiger partial charge on any atom is -0.245 e. The van der Waals surface area contributed by atoms with Crippen molar-refractivity contribution in [2.45, 2.75) is 19.4 Å². The molecule has 1 rings (SSSR count). The van der Waals surface area contributed by atoms with Crippen LogP contribution in [0.15, 0.2) is 12.2 Å². The average molecular weight is 140 g/mol. The van der Waals surface area contributed by atoms with Gasteiger partial charge in [0.05, 0.1) is 0 Å². The summed E-state index contributed by atoms with van der Waals surface area (Å²) in [5.74, 6) is 0. The van der Waals surface area contributed by atoms with Crippen molar-refractivity contribution < 1.29 is 0 Å². The Morgan fingerprint density at radius 2 is 2.10 bits per heavy atom. The van der Waals surface area contributed by atoms with E-state index in [9.17, 15) is 0 Å². The van der Waals surface area contributed by atoms with Crippen LogP contribution in [0, 0.1) is 0 Å². The predicted molar refractivity (Wildman–Crippen MR) is 43.6 cm³/mol. The molecule has 10 heavy (non-hydrogen) atoms. The standard InChI is InChI=1S/C8H16N2/c1-4-5-8-6-7-9(2)10(8)3/h4-5,8H,6-7H2,1-3H3/b5-4+. The van der Waals surface area contributed by atoms with Gasteiger partial charge in [0, 0.05) is 26.7 Å². The Kier molecular flexibility index (Phi) is 2.46. The van der Waals surface area contributed by atoms with Gasteiger partial charge in [0.15, 0.2) is 0 Å². The molecule has 58 valence electrons. The number of hydrogen-bond acceptors (Lipinski definition) is 2. The van der Waals surface area contributed by atoms with E-state index < -0.39 is 0 Å². The molecule has 1 atom stereocenters. The zero-order valence-corrected chi connectivity index (χ0v) is 7.04. The first kappa shape index (κ1) is 7.76. The molecule has 1 unspecified atom stereocenters. The molecule has 0 aromatic heterocycles. The van der Waals surface area contributed by atoms with E-state index in [1.165, 1.54) is 13.0 Å². The molecular formula is C8H16N2. The Balaban J connectivity index is 2.48. The van der Waals surface area contributed by atoms with Gasteiger partial charge < -0.3 is 0 Å². The number of hydrazine groups is 1. The number of allylic oxidation sites excluding steroid dienone is 1. The minimum absolute atomic E-state index is 0.634. The van der Waals surface area contributed by atoms with Gasteiger partial charge in [-0.3, -0.25) is 0 Å². The summed E-state index contributed by atoms with van der Waals surface area (Å²) in [6.45, 7) is 3.26. The van der Waals surface area contributed by atoms with Crippen LogP contribution in [0.3, 0.4) is 0 Å². The maximum atomic E-state index is 2.28. The fourth-order valence-electron chi connectivity index (χ4n) is 1.36. The zero-order chi connectivity index (χ0) is 7.56. The molecule has 0 aromatic rings. The lowest BCUT2D eigenvalue weighted by atomic mass is 10.2. The highest BCUT2D eigenvalue weighted by atomic mass is 15.6. The van der Waals surface area contributed by atoms with Crippen molar-refractivity contribution in [3.05, 3.63) is 12.2 Å². The van der Waals surface area contributed by atoms with Crippen molar-refractivity contribution in [1.29, 1.82) is 0 Å². The summed E-state index contributed by atoms with van der Waals surface area (Å²) in [4.78, 5) is 0. The summed E-state index contributed by atoms with van der Waals surface area (Å²) in [6, 6.07) is 0.634. The van der Waals surface area contributed by atoms with Crippen LogP contribution in [0.2, 0.25) is 0 Å². The molecule has 0 aromatic carbocycles. The highest BCUT2D eigenvalue weighted by Gasteiger charge is 2.22. The highest BCUT2D eigenvalue weighted by Crippen LogP contribution is 2.14. The molecule has 0 spiro atoms. The van der Waals surface area contributed by atoms with Gasteiger partial charge in [0.2, 0.25) is 0 Å². The quantitative estimate of drug-likeness (QED) is 0.503. The summed E-state index contributed by atoms with van der Waals surface area (Å²) in [5.41, 5.74) is 0. The fraction of sp³-hybridized carbons (Fsp3) is 0.750. The van der Waals surface area contributed by atoms with Crippen LogP contribution < -0.4 is 0 Å². The Hall–Kier alpha value is -0.340. The van der Waals surface area contributed by atoms with Gasteiger partial charge in [0.1, 0.15) is 0 Å². The van der Waals surface area contributed by atoms with Gasteiger partial charge in [-0.05, 0) is 13.3 Å². The molecule has 0 amide bonds. The normalized spacial score (nSPS) is 30.5. The summed E-state index contributed by atoms with van der Waals surface area (Å²) in [6.07, 6.45) is 5.64. The molecule has 0 bridgehead atoms. The molecular weight excluding hydrogens is 124 g/mol. The van der Waals surface area contributed by atoms with Crippen molar-refractivity contribution in [3.63, 3.8) is 0 Å². The van der Waals surface area contributed by atoms with Crippen LogP contribution in [0.4, 0.5) is 0 Å². The van der Waals surface area contributed by atoms with Crippen molar-refractivity contribution in [3.8, 4) is 0 Å². The molecule has 1 aliphatic heterocycles. The fourth-order valence-corrected chi connectivity index (χ4v) is 1.36. The Morgan fingerprint density at radius 3 is 2.50 bits per heavy atom. The molecule has 1 saturated heterocycles. The van der Waals surface area contributed by atoms with Crippen molar-refractivity contribution in [2.24, 2.45) is 0 Å². The van der Waals surface area contributed by atoms with E-state index in [1.54, 1.807) is 0 Å². The van der Waals surface area contributed by atoms with Gasteiger partial charge in [-0.2, -0.15) is 0 Å². The monoisotopic (exact) mass is 140 g/mol. The van der Waals surface area contributed by atoms with Crippen LogP contribution in [-0.2, 0) is 0 Å². The second kappa shape index (κ2) is 3.17. The summed E-state index contributed by atoms with van der Waals surface area (Å²) >= 11 is 0. The van der Waals surface area contributed by atoms with E-state index in [1.807, 2.05) is 0 Å². The van der Waals surface area contributed by atoms with Crippen LogP contribution in [-0.4, -0.2) is 36.7 Å². The van der Waals surface area contributed by atoms with E-state index in [2.05, 4.69) is 43.2 Å². The zero-order valence-electron chi connectivity index (χ0n) is 7.04. The Labute approximate surface area is 63.1 Å². The molecule has 0 saturated carbocycles. The lowest BCUT2D eigenvalue weighted by molar-refractivity contribution is 0.0680. The largest absolute Gasteiger partial charge is 0.245 e. The van der Waals surface area contributed by atoms with Gasteiger partial charge >= 0.3 is 0 Å². The second-order valence-corrected chi connectivity index (χ2v) is 2.84. The third-order valence-electron chi connectivity index (χ3n) is 2.18. The number of nitrogens with zero attached hydrogens (tertiary/aromatic N) is 2. The van der Waals surface area contributed by atoms with E-state index in [4.69, 9.17) is 0 Å².